The third kappa shape index (κ3) is 2.78. The van der Waals surface area contributed by atoms with E-state index in [9.17, 15) is 5.11 Å². The number of hydrogen-bond donors (Lipinski definition) is 1. The quantitative estimate of drug-likeness (QED) is 0.681. The molecule has 0 aliphatic rings. The van der Waals surface area contributed by atoms with Crippen LogP contribution in [-0.4, -0.2) is 11.3 Å². The highest BCUT2D eigenvalue weighted by Gasteiger charge is 2.07. The van der Waals surface area contributed by atoms with Crippen LogP contribution in [0.15, 0.2) is 71.7 Å². The first-order chi connectivity index (χ1) is 9.83. The summed E-state index contributed by atoms with van der Waals surface area (Å²) < 4.78 is 0. The highest BCUT2D eigenvalue weighted by atomic mass is 32.1. The van der Waals surface area contributed by atoms with Gasteiger partial charge in [-0.1, -0.05) is 59.9 Å². The second kappa shape index (κ2) is 5.72. The monoisotopic (exact) mass is 279 g/mol. The molecule has 0 aliphatic heterocycles. The van der Waals surface area contributed by atoms with E-state index in [2.05, 4.69) is 4.99 Å². The number of aromatic hydroxyl groups is 1. The number of hydrogen-bond acceptors (Lipinski definition) is 3. The molecule has 0 radical (unpaired) electrons. The van der Waals surface area contributed by atoms with Gasteiger partial charge >= 0.3 is 0 Å². The molecule has 2 aromatic carbocycles. The maximum absolute atomic E-state index is 10.00. The van der Waals surface area contributed by atoms with Crippen molar-refractivity contribution in [3.63, 3.8) is 0 Å². The largest absolute Gasteiger partial charge is 0.499 e. The molecule has 0 aliphatic carbocycles. The van der Waals surface area contributed by atoms with Gasteiger partial charge in [-0.2, -0.15) is 0 Å². The van der Waals surface area contributed by atoms with Crippen molar-refractivity contribution >= 4 is 23.2 Å². The summed E-state index contributed by atoms with van der Waals surface area (Å²) >= 11 is 1.37. The summed E-state index contributed by atoms with van der Waals surface area (Å²) in [6.07, 6.45) is 1.70. The zero-order valence-corrected chi connectivity index (χ0v) is 11.5. The molecule has 3 rings (SSSR count). The molecule has 1 heterocycles. The van der Waals surface area contributed by atoms with Gasteiger partial charge in [-0.05, 0) is 23.8 Å². The first-order valence-electron chi connectivity index (χ1n) is 6.30. The average molecular weight is 279 g/mol. The Labute approximate surface area is 121 Å². The second-order valence-corrected chi connectivity index (χ2v) is 5.36. The van der Waals surface area contributed by atoms with Crippen LogP contribution < -0.4 is 0 Å². The Morgan fingerprint density at radius 1 is 0.900 bits per heavy atom. The molecule has 0 bridgehead atoms. The zero-order valence-electron chi connectivity index (χ0n) is 10.7. The van der Waals surface area contributed by atoms with Crippen LogP contribution in [0.1, 0.15) is 5.56 Å². The Hall–Kier alpha value is -2.39. The molecule has 2 nitrogen and oxygen atoms in total. The van der Waals surface area contributed by atoms with Gasteiger partial charge in [0.05, 0.1) is 5.69 Å². The predicted octanol–water partition coefficient (Wildman–Crippen LogP) is 4.87. The van der Waals surface area contributed by atoms with Crippen LogP contribution in [0.3, 0.4) is 0 Å². The molecule has 0 fully saturated rings. The second-order valence-electron chi connectivity index (χ2n) is 4.33. The van der Waals surface area contributed by atoms with E-state index in [1.807, 2.05) is 66.7 Å². The highest BCUT2D eigenvalue weighted by molar-refractivity contribution is 7.17. The molecule has 20 heavy (non-hydrogen) atoms. The number of para-hydroxylation sites is 1. The Kier molecular flexibility index (Phi) is 3.61. The fourth-order valence-corrected chi connectivity index (χ4v) is 2.77. The van der Waals surface area contributed by atoms with Crippen LogP contribution in [0.4, 0.5) is 5.69 Å². The van der Waals surface area contributed by atoms with Crippen molar-refractivity contribution in [3.05, 3.63) is 72.3 Å². The Morgan fingerprint density at radius 3 is 2.25 bits per heavy atom. The van der Waals surface area contributed by atoms with Crippen LogP contribution in [0.2, 0.25) is 0 Å². The molecule has 1 N–H and O–H groups in total. The summed E-state index contributed by atoms with van der Waals surface area (Å²) in [6, 6.07) is 21.7. The van der Waals surface area contributed by atoms with Gasteiger partial charge in [0.15, 0.2) is 5.06 Å². The van der Waals surface area contributed by atoms with Gasteiger partial charge in [-0.3, -0.25) is 4.99 Å². The van der Waals surface area contributed by atoms with Crippen LogP contribution in [-0.2, 0) is 0 Å². The number of aliphatic imine (C=N–C) groups is 1. The van der Waals surface area contributed by atoms with Gasteiger partial charge in [0.2, 0.25) is 0 Å². The van der Waals surface area contributed by atoms with Crippen LogP contribution >= 0.6 is 11.3 Å². The van der Waals surface area contributed by atoms with Gasteiger partial charge in [-0.25, -0.2) is 0 Å². The Morgan fingerprint density at radius 2 is 1.55 bits per heavy atom. The smallest absolute Gasteiger partial charge is 0.180 e. The van der Waals surface area contributed by atoms with E-state index in [4.69, 9.17) is 0 Å². The average Bonchev–Trinajstić information content (AvgIpc) is 2.88. The standard InChI is InChI=1S/C17H13NOS/c19-17-14(12-18-15-9-5-2-6-10-15)11-16(20-17)13-7-3-1-4-8-13/h1-12,19H. The van der Waals surface area contributed by atoms with Gasteiger partial charge in [0.25, 0.3) is 0 Å². The molecule has 98 valence electrons. The predicted molar refractivity (Wildman–Crippen MR) is 85.1 cm³/mol. The minimum Gasteiger partial charge on any atom is -0.499 e. The van der Waals surface area contributed by atoms with E-state index in [-0.39, 0.29) is 0 Å². The van der Waals surface area contributed by atoms with Crippen molar-refractivity contribution in [1.82, 2.24) is 0 Å². The summed E-state index contributed by atoms with van der Waals surface area (Å²) in [5.74, 6) is 0. The molecule has 3 heteroatoms. The topological polar surface area (TPSA) is 32.6 Å². The SMILES string of the molecule is Oc1sc(-c2ccccc2)cc1C=Nc1ccccc1. The Bertz CT molecular complexity index is 717. The maximum atomic E-state index is 10.00. The molecule has 1 aromatic heterocycles. The van der Waals surface area contributed by atoms with Gasteiger partial charge in [0.1, 0.15) is 0 Å². The fourth-order valence-electron chi connectivity index (χ4n) is 1.89. The van der Waals surface area contributed by atoms with Crippen molar-refractivity contribution in [2.45, 2.75) is 0 Å². The fraction of sp³-hybridized carbons (Fsp3) is 0. The van der Waals surface area contributed by atoms with Gasteiger partial charge in [0, 0.05) is 16.7 Å². The van der Waals surface area contributed by atoms with Crippen LogP contribution in [0.5, 0.6) is 5.06 Å². The third-order valence-corrected chi connectivity index (χ3v) is 3.91. The molecule has 0 saturated heterocycles. The first-order valence-corrected chi connectivity index (χ1v) is 7.12. The van der Waals surface area contributed by atoms with E-state index in [1.54, 1.807) is 6.21 Å². The van der Waals surface area contributed by atoms with Gasteiger partial charge < -0.3 is 5.11 Å². The molecule has 0 saturated carbocycles. The lowest BCUT2D eigenvalue weighted by Gasteiger charge is -1.93. The molecular formula is C17H13NOS. The normalized spacial score (nSPS) is 11.0. The number of benzene rings is 2. The lowest BCUT2D eigenvalue weighted by atomic mass is 10.2. The molecule has 0 atom stereocenters. The molecule has 0 spiro atoms. The van der Waals surface area contributed by atoms with E-state index in [0.717, 1.165) is 21.7 Å². The third-order valence-electron chi connectivity index (χ3n) is 2.91. The van der Waals surface area contributed by atoms with Crippen molar-refractivity contribution in [2.24, 2.45) is 4.99 Å². The van der Waals surface area contributed by atoms with E-state index < -0.39 is 0 Å². The summed E-state index contributed by atoms with van der Waals surface area (Å²) in [7, 11) is 0. The van der Waals surface area contributed by atoms with Crippen molar-refractivity contribution in [2.75, 3.05) is 0 Å². The van der Waals surface area contributed by atoms with Gasteiger partial charge in [-0.15, -0.1) is 0 Å². The van der Waals surface area contributed by atoms with Crippen molar-refractivity contribution in [1.29, 1.82) is 0 Å². The molecule has 0 amide bonds. The molecular weight excluding hydrogens is 266 g/mol. The van der Waals surface area contributed by atoms with E-state index >= 15 is 0 Å². The van der Waals surface area contributed by atoms with Crippen LogP contribution in [0, 0.1) is 0 Å². The molecule has 0 unspecified atom stereocenters. The number of nitrogens with zero attached hydrogens (tertiary/aromatic N) is 1. The maximum Gasteiger partial charge on any atom is 0.180 e. The first kappa shape index (κ1) is 12.6. The van der Waals surface area contributed by atoms with Crippen molar-refractivity contribution in [3.8, 4) is 15.5 Å². The minimum atomic E-state index is 0.295. The lowest BCUT2D eigenvalue weighted by molar-refractivity contribution is 0.490. The van der Waals surface area contributed by atoms with Crippen molar-refractivity contribution < 1.29 is 5.11 Å². The highest BCUT2D eigenvalue weighted by Crippen LogP contribution is 2.35. The summed E-state index contributed by atoms with van der Waals surface area (Å²) in [5.41, 5.74) is 2.73. The summed E-state index contributed by atoms with van der Waals surface area (Å²) in [6.45, 7) is 0. The van der Waals surface area contributed by atoms with Crippen LogP contribution in [0.25, 0.3) is 10.4 Å². The zero-order chi connectivity index (χ0) is 13.8. The summed E-state index contributed by atoms with van der Waals surface area (Å²) in [4.78, 5) is 5.41. The molecule has 3 aromatic rings. The minimum absolute atomic E-state index is 0.295. The lowest BCUT2D eigenvalue weighted by Crippen LogP contribution is -1.75. The van der Waals surface area contributed by atoms with E-state index in [0.29, 0.717) is 5.06 Å². The number of rotatable bonds is 3. The van der Waals surface area contributed by atoms with E-state index in [1.165, 1.54) is 11.3 Å². The Balaban J connectivity index is 1.89. The summed E-state index contributed by atoms with van der Waals surface area (Å²) in [5, 5.41) is 10.3. The number of thiophene rings is 1.